The number of rotatable bonds is 1. The van der Waals surface area contributed by atoms with Crippen molar-refractivity contribution in [2.24, 2.45) is 5.73 Å². The predicted octanol–water partition coefficient (Wildman–Crippen LogP) is -2.01. The van der Waals surface area contributed by atoms with Crippen LogP contribution >= 0.6 is 0 Å². The molecule has 0 radical (unpaired) electrons. The third-order valence-corrected chi connectivity index (χ3v) is 1.17. The second-order valence-corrected chi connectivity index (χ2v) is 1.79. The van der Waals surface area contributed by atoms with Gasteiger partial charge in [0.05, 0.1) is 0 Å². The van der Waals surface area contributed by atoms with Crippen LogP contribution in [-0.2, 0) is 4.79 Å². The highest BCUT2D eigenvalue weighted by molar-refractivity contribution is 5.80. The topological polar surface area (TPSA) is 67.2 Å². The summed E-state index contributed by atoms with van der Waals surface area (Å²) in [6, 6.07) is -0.157. The van der Waals surface area contributed by atoms with Crippen molar-refractivity contribution in [3.8, 4) is 0 Å². The van der Waals surface area contributed by atoms with Gasteiger partial charge in [-0.1, -0.05) is 0 Å². The van der Waals surface area contributed by atoms with Crippen LogP contribution in [0.2, 0.25) is 0 Å². The van der Waals surface area contributed by atoms with Gasteiger partial charge in [-0.15, -0.1) is 0 Å². The van der Waals surface area contributed by atoms with E-state index in [0.29, 0.717) is 13.2 Å². The minimum atomic E-state index is -0.282. The molecule has 1 unspecified atom stereocenters. The third kappa shape index (κ3) is 0.962. The van der Waals surface area contributed by atoms with Gasteiger partial charge in [0.2, 0.25) is 5.91 Å². The Hall–Kier alpha value is -0.610. The maximum atomic E-state index is 10.3. The zero-order valence-corrected chi connectivity index (χ0v) is 4.48. The third-order valence-electron chi connectivity index (χ3n) is 1.17. The summed E-state index contributed by atoms with van der Waals surface area (Å²) in [6.45, 7) is 1.35. The molecule has 1 aliphatic heterocycles. The Labute approximate surface area is 47.4 Å². The van der Waals surface area contributed by atoms with E-state index in [1.165, 1.54) is 0 Å². The van der Waals surface area contributed by atoms with Crippen molar-refractivity contribution in [1.82, 2.24) is 10.6 Å². The lowest BCUT2D eigenvalue weighted by Crippen LogP contribution is -2.38. The fourth-order valence-corrected chi connectivity index (χ4v) is 0.685. The number of primary amides is 1. The molecule has 0 bridgehead atoms. The van der Waals surface area contributed by atoms with Crippen molar-refractivity contribution in [3.05, 3.63) is 0 Å². The van der Waals surface area contributed by atoms with Crippen LogP contribution in [0.4, 0.5) is 0 Å². The molecule has 0 aromatic heterocycles. The lowest BCUT2D eigenvalue weighted by molar-refractivity contribution is -0.119. The maximum Gasteiger partial charge on any atom is 0.235 e. The number of carbonyl (C=O) groups is 1. The van der Waals surface area contributed by atoms with E-state index in [4.69, 9.17) is 5.73 Å². The van der Waals surface area contributed by atoms with Crippen molar-refractivity contribution in [2.45, 2.75) is 6.04 Å². The molecule has 0 spiro atoms. The van der Waals surface area contributed by atoms with Gasteiger partial charge in [0.25, 0.3) is 0 Å². The second-order valence-electron chi connectivity index (χ2n) is 1.79. The summed E-state index contributed by atoms with van der Waals surface area (Å²) in [4.78, 5) is 10.3. The number of nitrogens with two attached hydrogens (primary N) is 1. The summed E-state index contributed by atoms with van der Waals surface area (Å²) in [5, 5.41) is 5.81. The highest BCUT2D eigenvalue weighted by atomic mass is 16.1. The first-order valence-corrected chi connectivity index (χ1v) is 2.54. The van der Waals surface area contributed by atoms with Gasteiger partial charge in [-0.05, 0) is 0 Å². The van der Waals surface area contributed by atoms with Gasteiger partial charge < -0.3 is 11.1 Å². The second kappa shape index (κ2) is 2.11. The van der Waals surface area contributed by atoms with E-state index in [9.17, 15) is 4.79 Å². The van der Waals surface area contributed by atoms with Crippen molar-refractivity contribution < 1.29 is 4.79 Å². The molecule has 46 valence electrons. The molecule has 1 saturated heterocycles. The summed E-state index contributed by atoms with van der Waals surface area (Å²) >= 11 is 0. The lowest BCUT2D eigenvalue weighted by Gasteiger charge is -1.99. The molecule has 1 heterocycles. The van der Waals surface area contributed by atoms with Crippen LogP contribution in [0.3, 0.4) is 0 Å². The zero-order valence-electron chi connectivity index (χ0n) is 4.48. The molecule has 0 saturated carbocycles. The van der Waals surface area contributed by atoms with Crippen molar-refractivity contribution in [1.29, 1.82) is 0 Å². The van der Waals surface area contributed by atoms with Crippen molar-refractivity contribution in [3.63, 3.8) is 0 Å². The van der Waals surface area contributed by atoms with Gasteiger partial charge in [-0.25, -0.2) is 0 Å². The Balaban J connectivity index is 2.35. The van der Waals surface area contributed by atoms with Crippen molar-refractivity contribution >= 4 is 5.91 Å². The Morgan fingerprint density at radius 2 is 2.50 bits per heavy atom. The van der Waals surface area contributed by atoms with E-state index in [0.717, 1.165) is 0 Å². The summed E-state index contributed by atoms with van der Waals surface area (Å²) in [7, 11) is 0. The van der Waals surface area contributed by atoms with Crippen LogP contribution in [0, 0.1) is 0 Å². The Bertz CT molecular complexity index is 97.5. The average Bonchev–Trinajstić information content (AvgIpc) is 2.12. The van der Waals surface area contributed by atoms with Crippen LogP contribution in [0.1, 0.15) is 0 Å². The molecule has 1 fully saturated rings. The van der Waals surface area contributed by atoms with Gasteiger partial charge >= 0.3 is 0 Å². The molecule has 4 nitrogen and oxygen atoms in total. The summed E-state index contributed by atoms with van der Waals surface area (Å²) in [5.74, 6) is -0.282. The first-order valence-electron chi connectivity index (χ1n) is 2.54. The number of nitrogens with one attached hydrogen (secondary N) is 2. The maximum absolute atomic E-state index is 10.3. The van der Waals surface area contributed by atoms with E-state index < -0.39 is 0 Å². The molecular formula is C4H9N3O. The van der Waals surface area contributed by atoms with Crippen molar-refractivity contribution in [2.75, 3.05) is 13.2 Å². The van der Waals surface area contributed by atoms with E-state index in [-0.39, 0.29) is 11.9 Å². The molecule has 1 rings (SSSR count). The van der Waals surface area contributed by atoms with Crippen LogP contribution in [-0.4, -0.2) is 25.2 Å². The highest BCUT2D eigenvalue weighted by Crippen LogP contribution is 1.83. The van der Waals surface area contributed by atoms with E-state index in [1.54, 1.807) is 0 Å². The smallest absolute Gasteiger partial charge is 0.235 e. The fourth-order valence-electron chi connectivity index (χ4n) is 0.685. The Morgan fingerprint density at radius 1 is 1.75 bits per heavy atom. The Morgan fingerprint density at radius 3 is 2.75 bits per heavy atom. The SMILES string of the molecule is NC(=O)C1CNCN1. The van der Waals surface area contributed by atoms with Gasteiger partial charge in [0.1, 0.15) is 6.04 Å². The number of hydrogen-bond acceptors (Lipinski definition) is 3. The predicted molar refractivity (Wildman–Crippen MR) is 29.0 cm³/mol. The normalized spacial score (nSPS) is 28.2. The molecule has 1 amide bonds. The molecule has 1 atom stereocenters. The molecule has 0 aliphatic carbocycles. The van der Waals surface area contributed by atoms with Gasteiger partial charge in [-0.2, -0.15) is 0 Å². The standard InChI is InChI=1S/C4H9N3O/c5-4(8)3-1-6-2-7-3/h3,6-7H,1-2H2,(H2,5,8). The Kier molecular flexibility index (Phi) is 1.45. The molecule has 0 aromatic rings. The van der Waals surface area contributed by atoms with Crippen LogP contribution in [0.5, 0.6) is 0 Å². The van der Waals surface area contributed by atoms with Gasteiger partial charge in [0, 0.05) is 13.2 Å². The number of hydrogen-bond donors (Lipinski definition) is 3. The van der Waals surface area contributed by atoms with Crippen LogP contribution < -0.4 is 16.4 Å². The van der Waals surface area contributed by atoms with E-state index in [2.05, 4.69) is 10.6 Å². The zero-order chi connectivity index (χ0) is 5.98. The van der Waals surface area contributed by atoms with Gasteiger partial charge in [0.15, 0.2) is 0 Å². The molecular weight excluding hydrogens is 106 g/mol. The van der Waals surface area contributed by atoms with Crippen LogP contribution in [0.15, 0.2) is 0 Å². The largest absolute Gasteiger partial charge is 0.368 e. The molecule has 4 heteroatoms. The number of carbonyl (C=O) groups excluding carboxylic acids is 1. The quantitative estimate of drug-likeness (QED) is 0.370. The average molecular weight is 115 g/mol. The molecule has 4 N–H and O–H groups in total. The summed E-state index contributed by atoms with van der Waals surface area (Å²) in [6.07, 6.45) is 0. The minimum Gasteiger partial charge on any atom is -0.368 e. The van der Waals surface area contributed by atoms with E-state index >= 15 is 0 Å². The van der Waals surface area contributed by atoms with Crippen LogP contribution in [0.25, 0.3) is 0 Å². The van der Waals surface area contributed by atoms with Gasteiger partial charge in [-0.3, -0.25) is 10.1 Å². The first kappa shape index (κ1) is 5.53. The molecule has 0 aromatic carbocycles. The number of amides is 1. The minimum absolute atomic E-state index is 0.157. The molecule has 8 heavy (non-hydrogen) atoms. The monoisotopic (exact) mass is 115 g/mol. The summed E-state index contributed by atoms with van der Waals surface area (Å²) < 4.78 is 0. The lowest BCUT2D eigenvalue weighted by atomic mass is 10.3. The highest BCUT2D eigenvalue weighted by Gasteiger charge is 2.17. The van der Waals surface area contributed by atoms with E-state index in [1.807, 2.05) is 0 Å². The summed E-state index contributed by atoms with van der Waals surface area (Å²) in [5.41, 5.74) is 4.96. The molecule has 1 aliphatic rings. The first-order chi connectivity index (χ1) is 3.80. The fraction of sp³-hybridized carbons (Fsp3) is 0.750.